The van der Waals surface area contributed by atoms with E-state index in [1.54, 1.807) is 17.8 Å². The second-order valence-electron chi connectivity index (χ2n) is 8.03. The van der Waals surface area contributed by atoms with E-state index in [9.17, 15) is 0 Å². The highest BCUT2D eigenvalue weighted by atomic mass is 16.5. The van der Waals surface area contributed by atoms with Crippen LogP contribution < -0.4 is 10.1 Å². The highest BCUT2D eigenvalue weighted by Gasteiger charge is 2.17. The maximum absolute atomic E-state index is 5.40. The van der Waals surface area contributed by atoms with Gasteiger partial charge < -0.3 is 10.1 Å². The summed E-state index contributed by atoms with van der Waals surface area (Å²) in [7, 11) is 1.65. The molecule has 0 aliphatic heterocycles. The molecule has 3 aromatic heterocycles. The van der Waals surface area contributed by atoms with Crippen molar-refractivity contribution in [3.8, 4) is 22.8 Å². The van der Waals surface area contributed by atoms with Gasteiger partial charge in [-0.1, -0.05) is 44.2 Å². The van der Waals surface area contributed by atoms with Gasteiger partial charge in [-0.15, -0.1) is 0 Å². The van der Waals surface area contributed by atoms with Crippen LogP contribution in [0.4, 0.5) is 5.95 Å². The first-order chi connectivity index (χ1) is 16.1. The molecule has 5 aromatic rings. The number of hydrogen-bond donors (Lipinski definition) is 1. The number of nitrogens with zero attached hydrogens (tertiary/aromatic N) is 6. The van der Waals surface area contributed by atoms with Crippen LogP contribution in [0.5, 0.6) is 5.75 Å². The number of anilines is 1. The van der Waals surface area contributed by atoms with Crippen molar-refractivity contribution >= 4 is 11.6 Å². The van der Waals surface area contributed by atoms with E-state index in [0.717, 1.165) is 33.8 Å². The third-order valence-electron chi connectivity index (χ3n) is 5.53. The molecule has 0 fully saturated rings. The van der Waals surface area contributed by atoms with Gasteiger partial charge in [0.15, 0.2) is 11.5 Å². The largest absolute Gasteiger partial charge is 0.497 e. The second-order valence-corrected chi connectivity index (χ2v) is 8.03. The molecule has 33 heavy (non-hydrogen) atoms. The molecule has 0 radical (unpaired) electrons. The van der Waals surface area contributed by atoms with Crippen molar-refractivity contribution in [1.29, 1.82) is 0 Å². The van der Waals surface area contributed by atoms with Crippen molar-refractivity contribution < 1.29 is 4.74 Å². The van der Waals surface area contributed by atoms with E-state index in [1.807, 2.05) is 65.6 Å². The molecule has 0 aliphatic carbocycles. The average molecular weight is 440 g/mol. The molecule has 0 aliphatic rings. The van der Waals surface area contributed by atoms with Gasteiger partial charge in [0.1, 0.15) is 5.75 Å². The molecule has 0 unspecified atom stereocenters. The molecule has 8 nitrogen and oxygen atoms in total. The van der Waals surface area contributed by atoms with Gasteiger partial charge in [-0.2, -0.15) is 19.7 Å². The van der Waals surface area contributed by atoms with Crippen molar-refractivity contribution in [2.24, 2.45) is 0 Å². The molecular formula is C25H25N7O. The topological polar surface area (TPSA) is 82.2 Å². The number of methoxy groups -OCH3 is 1. The van der Waals surface area contributed by atoms with Gasteiger partial charge in [-0.05, 0) is 35.7 Å². The summed E-state index contributed by atoms with van der Waals surface area (Å²) in [6, 6.07) is 17.8. The Morgan fingerprint density at radius 1 is 1.00 bits per heavy atom. The van der Waals surface area contributed by atoms with E-state index >= 15 is 0 Å². The zero-order chi connectivity index (χ0) is 22.8. The standard InChI is InChI=1S/C25H25N7O/c1-17(2)21-16-28-32-24(21)29-23(18-9-6-10-20(14-18)33-3)30-25(32)26-15-19-8-4-5-11-22(19)31-13-7-12-27-31/h4-14,16-17H,15H2,1-3H3,(H,26,29,30). The fourth-order valence-corrected chi connectivity index (χ4v) is 3.78. The molecule has 0 bridgehead atoms. The Balaban J connectivity index is 1.57. The maximum atomic E-state index is 5.40. The van der Waals surface area contributed by atoms with Gasteiger partial charge in [0.05, 0.1) is 19.0 Å². The number of nitrogens with one attached hydrogen (secondary N) is 1. The monoisotopic (exact) mass is 439 g/mol. The first kappa shape index (κ1) is 20.7. The molecule has 5 rings (SSSR count). The maximum Gasteiger partial charge on any atom is 0.228 e. The highest BCUT2D eigenvalue weighted by molar-refractivity contribution is 5.64. The molecule has 0 saturated heterocycles. The van der Waals surface area contributed by atoms with Gasteiger partial charge in [0.25, 0.3) is 0 Å². The van der Waals surface area contributed by atoms with Crippen molar-refractivity contribution in [2.45, 2.75) is 26.3 Å². The number of benzene rings is 2. The summed E-state index contributed by atoms with van der Waals surface area (Å²) in [6.07, 6.45) is 5.58. The minimum absolute atomic E-state index is 0.281. The summed E-state index contributed by atoms with van der Waals surface area (Å²) in [6.45, 7) is 4.83. The van der Waals surface area contributed by atoms with Crippen molar-refractivity contribution in [3.05, 3.63) is 84.3 Å². The Bertz CT molecular complexity index is 1390. The van der Waals surface area contributed by atoms with Crippen LogP contribution in [0.2, 0.25) is 0 Å². The molecule has 3 heterocycles. The molecule has 0 amide bonds. The summed E-state index contributed by atoms with van der Waals surface area (Å²) in [5, 5.41) is 12.4. The fraction of sp³-hybridized carbons (Fsp3) is 0.200. The third-order valence-corrected chi connectivity index (χ3v) is 5.53. The SMILES string of the molecule is COc1cccc(-c2nc(NCc3ccccc3-n3cccn3)n3ncc(C(C)C)c3n2)c1. The normalized spacial score (nSPS) is 11.3. The minimum Gasteiger partial charge on any atom is -0.497 e. The third kappa shape index (κ3) is 4.03. The predicted octanol–water partition coefficient (Wildman–Crippen LogP) is 4.72. The lowest BCUT2D eigenvalue weighted by Gasteiger charge is -2.13. The highest BCUT2D eigenvalue weighted by Crippen LogP contribution is 2.26. The van der Waals surface area contributed by atoms with E-state index in [0.29, 0.717) is 18.3 Å². The Morgan fingerprint density at radius 3 is 2.67 bits per heavy atom. The smallest absolute Gasteiger partial charge is 0.228 e. The lowest BCUT2D eigenvalue weighted by Crippen LogP contribution is -2.11. The van der Waals surface area contributed by atoms with Crippen LogP contribution in [0.15, 0.2) is 73.2 Å². The van der Waals surface area contributed by atoms with Crippen LogP contribution in [0.3, 0.4) is 0 Å². The minimum atomic E-state index is 0.281. The zero-order valence-electron chi connectivity index (χ0n) is 18.8. The number of fused-ring (bicyclic) bond motifs is 1. The predicted molar refractivity (Wildman–Crippen MR) is 128 cm³/mol. The second kappa shape index (κ2) is 8.74. The van der Waals surface area contributed by atoms with Gasteiger partial charge in [-0.3, -0.25) is 0 Å². The van der Waals surface area contributed by atoms with Crippen LogP contribution in [0.1, 0.15) is 30.9 Å². The van der Waals surface area contributed by atoms with Gasteiger partial charge in [-0.25, -0.2) is 9.67 Å². The van der Waals surface area contributed by atoms with E-state index < -0.39 is 0 Å². The van der Waals surface area contributed by atoms with Crippen LogP contribution in [0, 0.1) is 0 Å². The fourth-order valence-electron chi connectivity index (χ4n) is 3.78. The summed E-state index contributed by atoms with van der Waals surface area (Å²) < 4.78 is 9.03. The molecule has 1 N–H and O–H groups in total. The number of ether oxygens (including phenoxy) is 1. The van der Waals surface area contributed by atoms with Crippen LogP contribution in [-0.2, 0) is 6.54 Å². The van der Waals surface area contributed by atoms with Gasteiger partial charge in [0, 0.05) is 30.1 Å². The Kier molecular flexibility index (Phi) is 5.48. The van der Waals surface area contributed by atoms with E-state index in [2.05, 4.69) is 35.4 Å². The summed E-state index contributed by atoms with van der Waals surface area (Å²) in [5.41, 5.74) is 4.85. The van der Waals surface area contributed by atoms with Gasteiger partial charge in [0.2, 0.25) is 5.95 Å². The average Bonchev–Trinajstić information content (AvgIpc) is 3.53. The first-order valence-corrected chi connectivity index (χ1v) is 10.9. The molecule has 0 spiro atoms. The number of para-hydroxylation sites is 1. The summed E-state index contributed by atoms with van der Waals surface area (Å²) >= 11 is 0. The quantitative estimate of drug-likeness (QED) is 0.395. The van der Waals surface area contributed by atoms with Crippen LogP contribution >= 0.6 is 0 Å². The zero-order valence-corrected chi connectivity index (χ0v) is 18.8. The van der Waals surface area contributed by atoms with Crippen LogP contribution in [0.25, 0.3) is 22.7 Å². The summed E-state index contributed by atoms with van der Waals surface area (Å²) in [4.78, 5) is 9.68. The molecule has 0 atom stereocenters. The van der Waals surface area contributed by atoms with Crippen molar-refractivity contribution in [2.75, 3.05) is 12.4 Å². The molecule has 0 saturated carbocycles. The van der Waals surface area contributed by atoms with Crippen molar-refractivity contribution in [1.82, 2.24) is 29.4 Å². The van der Waals surface area contributed by atoms with Gasteiger partial charge >= 0.3 is 0 Å². The van der Waals surface area contributed by atoms with E-state index in [-0.39, 0.29) is 5.92 Å². The van der Waals surface area contributed by atoms with E-state index in [4.69, 9.17) is 14.7 Å². The Hall–Kier alpha value is -4.20. The molecular weight excluding hydrogens is 414 g/mol. The Labute approximate surface area is 191 Å². The number of aromatic nitrogens is 6. The molecule has 166 valence electrons. The first-order valence-electron chi connectivity index (χ1n) is 10.9. The lowest BCUT2D eigenvalue weighted by molar-refractivity contribution is 0.415. The van der Waals surface area contributed by atoms with Crippen LogP contribution in [-0.4, -0.2) is 36.5 Å². The lowest BCUT2D eigenvalue weighted by atomic mass is 10.1. The molecule has 8 heteroatoms. The molecule has 2 aromatic carbocycles. The summed E-state index contributed by atoms with van der Waals surface area (Å²) in [5.74, 6) is 2.28. The van der Waals surface area contributed by atoms with E-state index in [1.165, 1.54) is 0 Å². The Morgan fingerprint density at radius 2 is 1.88 bits per heavy atom. The van der Waals surface area contributed by atoms with Crippen molar-refractivity contribution in [3.63, 3.8) is 0 Å². The number of rotatable bonds is 7. The number of hydrogen-bond acceptors (Lipinski definition) is 6.